The molecule has 0 radical (unpaired) electrons. The van der Waals surface area contributed by atoms with Gasteiger partial charge in [0, 0.05) is 13.2 Å². The highest BCUT2D eigenvalue weighted by Gasteiger charge is 2.19. The molecule has 3 rings (SSSR count). The standard InChI is InChI=1S/C20H21F2NO2S/c21-16-7-3-14(4-8-16)20(15-5-9-17(22)10-6-15)26-13-19(24)23-12-18-2-1-11-25-18/h3-10,18,20H,1-2,11-13H2,(H,23,24). The fraction of sp³-hybridized carbons (Fsp3) is 0.350. The van der Waals surface area contributed by atoms with Crippen molar-refractivity contribution in [3.8, 4) is 0 Å². The van der Waals surface area contributed by atoms with Crippen LogP contribution in [-0.2, 0) is 9.53 Å². The Morgan fingerprint density at radius 3 is 2.15 bits per heavy atom. The predicted molar refractivity (Wildman–Crippen MR) is 99.1 cm³/mol. The Labute approximate surface area is 156 Å². The van der Waals surface area contributed by atoms with Crippen LogP contribution in [-0.4, -0.2) is 30.9 Å². The second-order valence-corrected chi connectivity index (χ2v) is 7.33. The molecule has 1 aliphatic rings. The Balaban J connectivity index is 1.64. The number of hydrogen-bond donors (Lipinski definition) is 1. The maximum Gasteiger partial charge on any atom is 0.230 e. The van der Waals surface area contributed by atoms with Crippen LogP contribution in [0.1, 0.15) is 29.2 Å². The van der Waals surface area contributed by atoms with E-state index in [1.807, 2.05) is 0 Å². The second kappa shape index (κ2) is 9.14. The number of hydrogen-bond acceptors (Lipinski definition) is 3. The lowest BCUT2D eigenvalue weighted by Gasteiger charge is -2.18. The van der Waals surface area contributed by atoms with E-state index < -0.39 is 0 Å². The summed E-state index contributed by atoms with van der Waals surface area (Å²) in [6, 6.07) is 12.4. The van der Waals surface area contributed by atoms with Gasteiger partial charge in [-0.3, -0.25) is 4.79 Å². The summed E-state index contributed by atoms with van der Waals surface area (Å²) in [7, 11) is 0. The van der Waals surface area contributed by atoms with Gasteiger partial charge >= 0.3 is 0 Å². The molecule has 1 atom stereocenters. The van der Waals surface area contributed by atoms with Crippen molar-refractivity contribution in [3.05, 3.63) is 71.3 Å². The molecule has 1 aliphatic heterocycles. The molecule has 1 unspecified atom stereocenters. The van der Waals surface area contributed by atoms with Gasteiger partial charge in [-0.15, -0.1) is 11.8 Å². The summed E-state index contributed by atoms with van der Waals surface area (Å²) in [5, 5.41) is 2.72. The van der Waals surface area contributed by atoms with Crippen molar-refractivity contribution in [2.75, 3.05) is 18.9 Å². The van der Waals surface area contributed by atoms with Crippen LogP contribution in [0.15, 0.2) is 48.5 Å². The van der Waals surface area contributed by atoms with E-state index in [-0.39, 0.29) is 34.6 Å². The van der Waals surface area contributed by atoms with Crippen LogP contribution >= 0.6 is 11.8 Å². The van der Waals surface area contributed by atoms with Crippen molar-refractivity contribution in [2.45, 2.75) is 24.2 Å². The minimum atomic E-state index is -0.314. The van der Waals surface area contributed by atoms with Crippen molar-refractivity contribution in [3.63, 3.8) is 0 Å². The van der Waals surface area contributed by atoms with Crippen molar-refractivity contribution in [1.82, 2.24) is 5.32 Å². The summed E-state index contributed by atoms with van der Waals surface area (Å²) in [5.41, 5.74) is 1.74. The third-order valence-electron chi connectivity index (χ3n) is 4.28. The summed E-state index contributed by atoms with van der Waals surface area (Å²) >= 11 is 1.43. The molecule has 0 spiro atoms. The smallest absolute Gasteiger partial charge is 0.230 e. The molecule has 6 heteroatoms. The molecule has 138 valence electrons. The number of rotatable bonds is 7. The summed E-state index contributed by atoms with van der Waals surface area (Å²) in [6.07, 6.45) is 2.11. The zero-order valence-corrected chi connectivity index (χ0v) is 15.1. The van der Waals surface area contributed by atoms with Gasteiger partial charge in [0.15, 0.2) is 0 Å². The van der Waals surface area contributed by atoms with Crippen molar-refractivity contribution in [2.24, 2.45) is 0 Å². The molecular weight excluding hydrogens is 356 g/mol. The number of ether oxygens (including phenoxy) is 1. The Hall–Kier alpha value is -1.92. The molecule has 0 saturated carbocycles. The van der Waals surface area contributed by atoms with Crippen LogP contribution in [0.5, 0.6) is 0 Å². The Bertz CT molecular complexity index is 670. The average molecular weight is 377 g/mol. The molecule has 0 aromatic heterocycles. The van der Waals surface area contributed by atoms with E-state index in [1.165, 1.54) is 36.0 Å². The minimum Gasteiger partial charge on any atom is -0.376 e. The molecule has 1 fully saturated rings. The fourth-order valence-electron chi connectivity index (χ4n) is 2.90. The predicted octanol–water partition coefficient (Wildman–Crippen LogP) is 4.08. The van der Waals surface area contributed by atoms with Crippen molar-refractivity contribution in [1.29, 1.82) is 0 Å². The number of thioether (sulfide) groups is 1. The molecule has 0 aliphatic carbocycles. The lowest BCUT2D eigenvalue weighted by Crippen LogP contribution is -2.33. The Kier molecular flexibility index (Phi) is 6.63. The molecule has 1 amide bonds. The number of amides is 1. The van der Waals surface area contributed by atoms with Gasteiger partial charge in [-0.2, -0.15) is 0 Å². The van der Waals surface area contributed by atoms with Gasteiger partial charge < -0.3 is 10.1 Å². The molecule has 0 bridgehead atoms. The zero-order valence-electron chi connectivity index (χ0n) is 14.3. The third kappa shape index (κ3) is 5.29. The van der Waals surface area contributed by atoms with E-state index in [0.717, 1.165) is 30.6 Å². The highest BCUT2D eigenvalue weighted by Crippen LogP contribution is 2.35. The second-order valence-electron chi connectivity index (χ2n) is 6.23. The highest BCUT2D eigenvalue weighted by atomic mass is 32.2. The minimum absolute atomic E-state index is 0.0697. The van der Waals surface area contributed by atoms with Gasteiger partial charge in [0.2, 0.25) is 5.91 Å². The van der Waals surface area contributed by atoms with E-state index in [1.54, 1.807) is 24.3 Å². The van der Waals surface area contributed by atoms with Gasteiger partial charge in [-0.1, -0.05) is 24.3 Å². The largest absolute Gasteiger partial charge is 0.376 e. The van der Waals surface area contributed by atoms with E-state index >= 15 is 0 Å². The molecule has 2 aromatic carbocycles. The van der Waals surface area contributed by atoms with E-state index in [9.17, 15) is 13.6 Å². The lowest BCUT2D eigenvalue weighted by atomic mass is 10.0. The monoisotopic (exact) mass is 377 g/mol. The van der Waals surface area contributed by atoms with Gasteiger partial charge in [0.1, 0.15) is 11.6 Å². The van der Waals surface area contributed by atoms with E-state index in [0.29, 0.717) is 6.54 Å². The first-order valence-corrected chi connectivity index (χ1v) is 9.67. The molecule has 1 N–H and O–H groups in total. The maximum absolute atomic E-state index is 13.2. The Morgan fingerprint density at radius 2 is 1.65 bits per heavy atom. The lowest BCUT2D eigenvalue weighted by molar-refractivity contribution is -0.119. The van der Waals surface area contributed by atoms with Crippen LogP contribution in [0.2, 0.25) is 0 Å². The number of benzene rings is 2. The van der Waals surface area contributed by atoms with Gasteiger partial charge in [-0.25, -0.2) is 8.78 Å². The fourth-order valence-corrected chi connectivity index (χ4v) is 4.02. The topological polar surface area (TPSA) is 38.3 Å². The molecule has 2 aromatic rings. The summed E-state index contributed by atoms with van der Waals surface area (Å²) < 4.78 is 32.0. The van der Waals surface area contributed by atoms with Gasteiger partial charge in [0.05, 0.1) is 17.1 Å². The quantitative estimate of drug-likeness (QED) is 0.790. The number of nitrogens with one attached hydrogen (secondary N) is 1. The Morgan fingerprint density at radius 1 is 1.08 bits per heavy atom. The van der Waals surface area contributed by atoms with Crippen LogP contribution in [0, 0.1) is 11.6 Å². The molecule has 26 heavy (non-hydrogen) atoms. The molecule has 3 nitrogen and oxygen atoms in total. The van der Waals surface area contributed by atoms with E-state index in [2.05, 4.69) is 5.32 Å². The van der Waals surface area contributed by atoms with Crippen molar-refractivity contribution < 1.29 is 18.3 Å². The highest BCUT2D eigenvalue weighted by molar-refractivity contribution is 8.00. The van der Waals surface area contributed by atoms with Crippen LogP contribution in [0.25, 0.3) is 0 Å². The first-order valence-electron chi connectivity index (χ1n) is 8.62. The van der Waals surface area contributed by atoms with Crippen molar-refractivity contribution >= 4 is 17.7 Å². The summed E-state index contributed by atoms with van der Waals surface area (Å²) in [4.78, 5) is 12.2. The van der Waals surface area contributed by atoms with Gasteiger partial charge in [0.25, 0.3) is 0 Å². The molecule has 1 heterocycles. The molecular formula is C20H21F2NO2S. The number of halogens is 2. The zero-order chi connectivity index (χ0) is 18.4. The maximum atomic E-state index is 13.2. The van der Waals surface area contributed by atoms with Crippen LogP contribution < -0.4 is 5.32 Å². The van der Waals surface area contributed by atoms with Gasteiger partial charge in [-0.05, 0) is 48.2 Å². The number of carbonyl (C=O) groups excluding carboxylic acids is 1. The van der Waals surface area contributed by atoms with Crippen LogP contribution in [0.4, 0.5) is 8.78 Å². The average Bonchev–Trinajstić information content (AvgIpc) is 3.16. The molecule has 1 saturated heterocycles. The summed E-state index contributed by atoms with van der Waals surface area (Å²) in [5.74, 6) is -0.442. The SMILES string of the molecule is O=C(CSC(c1ccc(F)cc1)c1ccc(F)cc1)NCC1CCCO1. The van der Waals surface area contributed by atoms with E-state index in [4.69, 9.17) is 4.74 Å². The first-order chi connectivity index (χ1) is 12.6. The first kappa shape index (κ1) is 18.9. The summed E-state index contributed by atoms with van der Waals surface area (Å²) in [6.45, 7) is 1.28. The number of carbonyl (C=O) groups is 1. The third-order valence-corrected chi connectivity index (χ3v) is 5.58. The van der Waals surface area contributed by atoms with Crippen LogP contribution in [0.3, 0.4) is 0 Å². The normalized spacial score (nSPS) is 16.8.